The molecule has 5 rings (SSSR count). The van der Waals surface area contributed by atoms with Gasteiger partial charge in [0, 0.05) is 45.7 Å². The van der Waals surface area contributed by atoms with Crippen LogP contribution in [0, 0.1) is 0 Å². The quantitative estimate of drug-likeness (QED) is 0.255. The third-order valence-corrected chi connectivity index (χ3v) is 8.10. The first-order valence-corrected chi connectivity index (χ1v) is 15.0. The summed E-state index contributed by atoms with van der Waals surface area (Å²) >= 11 is 0. The lowest BCUT2D eigenvalue weighted by molar-refractivity contribution is 0.0919. The number of carbonyl (C=O) groups is 4. The Labute approximate surface area is 246 Å². The Kier molecular flexibility index (Phi) is 9.64. The second-order valence-corrected chi connectivity index (χ2v) is 11.3. The molecule has 0 unspecified atom stereocenters. The van der Waals surface area contributed by atoms with Gasteiger partial charge >= 0.3 is 0 Å². The number of hydrogen-bond donors (Lipinski definition) is 4. The highest BCUT2D eigenvalue weighted by atomic mass is 16.2. The monoisotopic (exact) mass is 566 g/mol. The van der Waals surface area contributed by atoms with Gasteiger partial charge in [-0.25, -0.2) is 0 Å². The maximum atomic E-state index is 12.8. The SMILES string of the molecule is O=C(Nc1ccc(C(=O)NC2CCCCC2)cc1)c1ccc(C(=O)Nc2ccc(C(=O)NC3CCCCC3)cc2)cc1. The standard InChI is InChI=1S/C34H38N4O4/c39-31(37-29-19-15-25(16-20-29)33(41)35-27-7-3-1-4-8-27)23-11-13-24(14-12-23)32(40)38-30-21-17-26(18-22-30)34(42)36-28-9-5-2-6-10-28/h11-22,27-28H,1-10H2,(H,35,41)(H,36,42)(H,37,39)(H,38,40). The molecule has 42 heavy (non-hydrogen) atoms. The molecule has 2 aliphatic carbocycles. The number of nitrogens with one attached hydrogen (secondary N) is 4. The van der Waals surface area contributed by atoms with Gasteiger partial charge in [0.05, 0.1) is 0 Å². The van der Waals surface area contributed by atoms with Crippen LogP contribution in [0.2, 0.25) is 0 Å². The van der Waals surface area contributed by atoms with Crippen molar-refractivity contribution in [3.8, 4) is 0 Å². The van der Waals surface area contributed by atoms with Crippen molar-refractivity contribution in [1.82, 2.24) is 10.6 Å². The summed E-state index contributed by atoms with van der Waals surface area (Å²) in [5, 5.41) is 11.9. The summed E-state index contributed by atoms with van der Waals surface area (Å²) in [5.74, 6) is -0.818. The molecule has 0 atom stereocenters. The molecule has 2 fully saturated rings. The van der Waals surface area contributed by atoms with E-state index in [2.05, 4.69) is 21.3 Å². The van der Waals surface area contributed by atoms with E-state index in [1.807, 2.05) is 0 Å². The van der Waals surface area contributed by atoms with E-state index in [0.29, 0.717) is 33.6 Å². The van der Waals surface area contributed by atoms with Crippen LogP contribution in [0.25, 0.3) is 0 Å². The summed E-state index contributed by atoms with van der Waals surface area (Å²) in [6.07, 6.45) is 11.1. The van der Waals surface area contributed by atoms with Crippen LogP contribution in [0.3, 0.4) is 0 Å². The molecule has 4 N–H and O–H groups in total. The Bertz CT molecular complexity index is 1280. The molecule has 3 aromatic carbocycles. The Balaban J connectivity index is 1.10. The molecule has 0 aromatic heterocycles. The lowest BCUT2D eigenvalue weighted by Gasteiger charge is -2.22. The first-order valence-electron chi connectivity index (χ1n) is 15.0. The molecule has 0 bridgehead atoms. The zero-order valence-electron chi connectivity index (χ0n) is 23.8. The van der Waals surface area contributed by atoms with Gasteiger partial charge in [0.25, 0.3) is 23.6 Å². The van der Waals surface area contributed by atoms with E-state index in [1.54, 1.807) is 72.8 Å². The van der Waals surface area contributed by atoms with Crippen molar-refractivity contribution in [3.63, 3.8) is 0 Å². The molecule has 218 valence electrons. The predicted molar refractivity (Wildman–Crippen MR) is 164 cm³/mol. The largest absolute Gasteiger partial charge is 0.349 e. The number of benzene rings is 3. The molecular weight excluding hydrogens is 528 g/mol. The fraction of sp³-hybridized carbons (Fsp3) is 0.353. The molecule has 2 aliphatic rings. The van der Waals surface area contributed by atoms with Gasteiger partial charge in [0.15, 0.2) is 0 Å². The summed E-state index contributed by atoms with van der Waals surface area (Å²) in [6.45, 7) is 0. The summed E-state index contributed by atoms with van der Waals surface area (Å²) in [5.41, 5.74) is 3.08. The van der Waals surface area contributed by atoms with Crippen LogP contribution in [0.4, 0.5) is 11.4 Å². The maximum absolute atomic E-state index is 12.8. The third kappa shape index (κ3) is 7.84. The van der Waals surface area contributed by atoms with Crippen molar-refractivity contribution < 1.29 is 19.2 Å². The third-order valence-electron chi connectivity index (χ3n) is 8.10. The number of rotatable bonds is 8. The molecule has 4 amide bonds. The Morgan fingerprint density at radius 1 is 0.405 bits per heavy atom. The van der Waals surface area contributed by atoms with Crippen molar-refractivity contribution in [3.05, 3.63) is 95.1 Å². The highest BCUT2D eigenvalue weighted by Crippen LogP contribution is 2.20. The average Bonchev–Trinajstić information content (AvgIpc) is 3.02. The molecule has 0 spiro atoms. The zero-order chi connectivity index (χ0) is 29.3. The molecule has 0 saturated heterocycles. The van der Waals surface area contributed by atoms with E-state index in [1.165, 1.54) is 12.8 Å². The first kappa shape index (κ1) is 29.0. The molecule has 0 radical (unpaired) electrons. The molecule has 3 aromatic rings. The summed E-state index contributed by atoms with van der Waals surface area (Å²) < 4.78 is 0. The minimum atomic E-state index is -0.316. The second kappa shape index (κ2) is 13.9. The Morgan fingerprint density at radius 2 is 0.690 bits per heavy atom. The fourth-order valence-electron chi connectivity index (χ4n) is 5.62. The van der Waals surface area contributed by atoms with Gasteiger partial charge in [-0.15, -0.1) is 0 Å². The Hall–Kier alpha value is -4.46. The molecule has 2 saturated carbocycles. The number of anilines is 2. The predicted octanol–water partition coefficient (Wildman–Crippen LogP) is 6.32. The summed E-state index contributed by atoms with van der Waals surface area (Å²) in [6, 6.07) is 20.5. The van der Waals surface area contributed by atoms with E-state index < -0.39 is 0 Å². The molecule has 0 heterocycles. The van der Waals surface area contributed by atoms with Crippen LogP contribution in [-0.2, 0) is 0 Å². The molecule has 8 heteroatoms. The number of hydrogen-bond acceptors (Lipinski definition) is 4. The highest BCUT2D eigenvalue weighted by Gasteiger charge is 2.18. The average molecular weight is 567 g/mol. The Morgan fingerprint density at radius 3 is 1.02 bits per heavy atom. The lowest BCUT2D eigenvalue weighted by Crippen LogP contribution is -2.36. The van der Waals surface area contributed by atoms with Crippen LogP contribution in [0.5, 0.6) is 0 Å². The molecule has 0 aliphatic heterocycles. The number of amides is 4. The van der Waals surface area contributed by atoms with Crippen LogP contribution in [-0.4, -0.2) is 35.7 Å². The van der Waals surface area contributed by atoms with E-state index in [0.717, 1.165) is 51.4 Å². The van der Waals surface area contributed by atoms with Gasteiger partial charge in [0.1, 0.15) is 0 Å². The van der Waals surface area contributed by atoms with Crippen LogP contribution in [0.1, 0.15) is 106 Å². The van der Waals surface area contributed by atoms with Gasteiger partial charge in [-0.05, 0) is 98.5 Å². The van der Waals surface area contributed by atoms with Crippen molar-refractivity contribution in [2.75, 3.05) is 10.6 Å². The van der Waals surface area contributed by atoms with Crippen LogP contribution in [0.15, 0.2) is 72.8 Å². The van der Waals surface area contributed by atoms with Gasteiger partial charge in [-0.1, -0.05) is 38.5 Å². The van der Waals surface area contributed by atoms with Crippen molar-refractivity contribution in [2.24, 2.45) is 0 Å². The second-order valence-electron chi connectivity index (χ2n) is 11.3. The zero-order valence-corrected chi connectivity index (χ0v) is 23.8. The summed E-state index contributed by atoms with van der Waals surface area (Å²) in [7, 11) is 0. The lowest BCUT2D eigenvalue weighted by atomic mass is 9.95. The van der Waals surface area contributed by atoms with Gasteiger partial charge in [-0.3, -0.25) is 19.2 Å². The van der Waals surface area contributed by atoms with Crippen LogP contribution < -0.4 is 21.3 Å². The van der Waals surface area contributed by atoms with Crippen LogP contribution >= 0.6 is 0 Å². The van der Waals surface area contributed by atoms with E-state index >= 15 is 0 Å². The van der Waals surface area contributed by atoms with E-state index in [9.17, 15) is 19.2 Å². The molecule has 8 nitrogen and oxygen atoms in total. The smallest absolute Gasteiger partial charge is 0.255 e. The topological polar surface area (TPSA) is 116 Å². The van der Waals surface area contributed by atoms with Gasteiger partial charge < -0.3 is 21.3 Å². The van der Waals surface area contributed by atoms with Crippen molar-refractivity contribution in [2.45, 2.75) is 76.3 Å². The number of carbonyl (C=O) groups excluding carboxylic acids is 4. The molecular formula is C34H38N4O4. The van der Waals surface area contributed by atoms with E-state index in [4.69, 9.17) is 0 Å². The highest BCUT2D eigenvalue weighted by molar-refractivity contribution is 6.07. The minimum Gasteiger partial charge on any atom is -0.349 e. The summed E-state index contributed by atoms with van der Waals surface area (Å²) in [4.78, 5) is 50.6. The fourth-order valence-corrected chi connectivity index (χ4v) is 5.62. The minimum absolute atomic E-state index is 0.0928. The van der Waals surface area contributed by atoms with Gasteiger partial charge in [-0.2, -0.15) is 0 Å². The van der Waals surface area contributed by atoms with E-state index in [-0.39, 0.29) is 35.7 Å². The normalized spacial score (nSPS) is 15.8. The van der Waals surface area contributed by atoms with Gasteiger partial charge in [0.2, 0.25) is 0 Å². The van der Waals surface area contributed by atoms with Crippen molar-refractivity contribution >= 4 is 35.0 Å². The van der Waals surface area contributed by atoms with Crippen molar-refractivity contribution in [1.29, 1.82) is 0 Å². The maximum Gasteiger partial charge on any atom is 0.255 e. The first-order chi connectivity index (χ1) is 20.4.